The van der Waals surface area contributed by atoms with E-state index < -0.39 is 0 Å². The van der Waals surface area contributed by atoms with Crippen LogP contribution in [0.4, 0.5) is 4.39 Å². The predicted molar refractivity (Wildman–Crippen MR) is 54.7 cm³/mol. The van der Waals surface area contributed by atoms with Gasteiger partial charge in [-0.15, -0.1) is 0 Å². The van der Waals surface area contributed by atoms with Crippen LogP contribution in [-0.4, -0.2) is 20.3 Å². The van der Waals surface area contributed by atoms with Crippen molar-refractivity contribution in [3.63, 3.8) is 0 Å². The molecule has 78 valence electrons. The van der Waals surface area contributed by atoms with E-state index in [1.54, 1.807) is 19.2 Å². The number of benzene rings is 1. The van der Waals surface area contributed by atoms with Gasteiger partial charge in [0, 0.05) is 19.1 Å². The van der Waals surface area contributed by atoms with Gasteiger partial charge in [0.15, 0.2) is 0 Å². The summed E-state index contributed by atoms with van der Waals surface area (Å²) < 4.78 is 17.8. The molecule has 1 unspecified atom stereocenters. The Balaban J connectivity index is 2.94. The summed E-state index contributed by atoms with van der Waals surface area (Å²) in [5, 5.41) is 0. The Kier molecular flexibility index (Phi) is 3.61. The van der Waals surface area contributed by atoms with Crippen molar-refractivity contribution in [3.05, 3.63) is 35.6 Å². The zero-order valence-corrected chi connectivity index (χ0v) is 8.59. The minimum absolute atomic E-state index is 0.231. The molecule has 1 aromatic carbocycles. The Morgan fingerprint density at radius 3 is 2.36 bits per heavy atom. The SMILES string of the molecule is COCC(C)(CN)c1ccc(F)cc1. The molecule has 0 saturated carbocycles. The molecule has 1 aromatic rings. The van der Waals surface area contributed by atoms with Crippen molar-refractivity contribution in [1.82, 2.24) is 0 Å². The molecule has 1 atom stereocenters. The molecule has 0 spiro atoms. The average molecular weight is 197 g/mol. The van der Waals surface area contributed by atoms with Gasteiger partial charge >= 0.3 is 0 Å². The van der Waals surface area contributed by atoms with Crippen LogP contribution in [0, 0.1) is 5.82 Å². The van der Waals surface area contributed by atoms with E-state index >= 15 is 0 Å². The summed E-state index contributed by atoms with van der Waals surface area (Å²) in [6.07, 6.45) is 0. The zero-order valence-electron chi connectivity index (χ0n) is 8.59. The maximum absolute atomic E-state index is 12.7. The maximum Gasteiger partial charge on any atom is 0.123 e. The Hall–Kier alpha value is -0.930. The van der Waals surface area contributed by atoms with Crippen LogP contribution in [0.3, 0.4) is 0 Å². The van der Waals surface area contributed by atoms with Crippen LogP contribution in [0.15, 0.2) is 24.3 Å². The number of hydrogen-bond donors (Lipinski definition) is 1. The van der Waals surface area contributed by atoms with Crippen LogP contribution >= 0.6 is 0 Å². The smallest absolute Gasteiger partial charge is 0.123 e. The molecule has 0 aliphatic heterocycles. The van der Waals surface area contributed by atoms with Gasteiger partial charge in [-0.2, -0.15) is 0 Å². The third kappa shape index (κ3) is 2.30. The first-order valence-electron chi connectivity index (χ1n) is 4.57. The van der Waals surface area contributed by atoms with E-state index in [2.05, 4.69) is 0 Å². The largest absolute Gasteiger partial charge is 0.384 e. The van der Waals surface area contributed by atoms with E-state index in [1.165, 1.54) is 12.1 Å². The van der Waals surface area contributed by atoms with E-state index in [0.29, 0.717) is 13.2 Å². The summed E-state index contributed by atoms with van der Waals surface area (Å²) in [4.78, 5) is 0. The molecule has 0 aliphatic carbocycles. The van der Waals surface area contributed by atoms with Crippen LogP contribution in [0.25, 0.3) is 0 Å². The van der Waals surface area contributed by atoms with Gasteiger partial charge in [-0.05, 0) is 17.7 Å². The molecular formula is C11H16FNO. The first-order chi connectivity index (χ1) is 6.62. The lowest BCUT2D eigenvalue weighted by molar-refractivity contribution is 0.141. The lowest BCUT2D eigenvalue weighted by Gasteiger charge is -2.27. The fourth-order valence-electron chi connectivity index (χ4n) is 1.43. The Morgan fingerprint density at radius 2 is 1.93 bits per heavy atom. The maximum atomic E-state index is 12.7. The van der Waals surface area contributed by atoms with Crippen LogP contribution in [-0.2, 0) is 10.2 Å². The number of nitrogens with two attached hydrogens (primary N) is 1. The van der Waals surface area contributed by atoms with E-state index in [1.807, 2.05) is 6.92 Å². The Labute approximate surface area is 83.9 Å². The van der Waals surface area contributed by atoms with Crippen molar-refractivity contribution >= 4 is 0 Å². The Bertz CT molecular complexity index is 286. The number of halogens is 1. The zero-order chi connectivity index (χ0) is 10.6. The molecule has 2 nitrogen and oxygen atoms in total. The topological polar surface area (TPSA) is 35.2 Å². The van der Waals surface area contributed by atoms with Gasteiger partial charge in [0.05, 0.1) is 6.61 Å². The van der Waals surface area contributed by atoms with Crippen LogP contribution < -0.4 is 5.73 Å². The fourth-order valence-corrected chi connectivity index (χ4v) is 1.43. The lowest BCUT2D eigenvalue weighted by atomic mass is 9.83. The molecule has 1 rings (SSSR count). The van der Waals surface area contributed by atoms with E-state index in [0.717, 1.165) is 5.56 Å². The monoisotopic (exact) mass is 197 g/mol. The lowest BCUT2D eigenvalue weighted by Crippen LogP contribution is -2.36. The predicted octanol–water partition coefficient (Wildman–Crippen LogP) is 1.69. The standard InChI is InChI=1S/C11H16FNO/c1-11(7-13,8-14-2)9-3-5-10(12)6-4-9/h3-6H,7-8,13H2,1-2H3. The van der Waals surface area contributed by atoms with Crippen molar-refractivity contribution in [1.29, 1.82) is 0 Å². The molecule has 3 heteroatoms. The highest BCUT2D eigenvalue weighted by Gasteiger charge is 2.24. The minimum atomic E-state index is -0.234. The highest BCUT2D eigenvalue weighted by molar-refractivity contribution is 5.25. The fraction of sp³-hybridized carbons (Fsp3) is 0.455. The third-order valence-corrected chi connectivity index (χ3v) is 2.45. The first kappa shape index (κ1) is 11.1. The second kappa shape index (κ2) is 4.53. The first-order valence-corrected chi connectivity index (χ1v) is 4.57. The van der Waals surface area contributed by atoms with Crippen molar-refractivity contribution < 1.29 is 9.13 Å². The van der Waals surface area contributed by atoms with Crippen molar-refractivity contribution in [3.8, 4) is 0 Å². The average Bonchev–Trinajstić information content (AvgIpc) is 2.19. The molecule has 14 heavy (non-hydrogen) atoms. The molecule has 0 saturated heterocycles. The van der Waals surface area contributed by atoms with Crippen LogP contribution in [0.1, 0.15) is 12.5 Å². The minimum Gasteiger partial charge on any atom is -0.384 e. The summed E-state index contributed by atoms with van der Waals surface area (Å²) in [6, 6.07) is 6.39. The molecular weight excluding hydrogens is 181 g/mol. The van der Waals surface area contributed by atoms with Gasteiger partial charge in [0.2, 0.25) is 0 Å². The summed E-state index contributed by atoms with van der Waals surface area (Å²) in [5.74, 6) is -0.231. The number of rotatable bonds is 4. The van der Waals surface area contributed by atoms with Gasteiger partial charge in [-0.3, -0.25) is 0 Å². The highest BCUT2D eigenvalue weighted by Crippen LogP contribution is 2.22. The molecule has 2 N–H and O–H groups in total. The van der Waals surface area contributed by atoms with E-state index in [4.69, 9.17) is 10.5 Å². The van der Waals surface area contributed by atoms with Crippen LogP contribution in [0.5, 0.6) is 0 Å². The van der Waals surface area contributed by atoms with Crippen molar-refractivity contribution in [2.24, 2.45) is 5.73 Å². The molecule has 0 aromatic heterocycles. The number of ether oxygens (including phenoxy) is 1. The number of methoxy groups -OCH3 is 1. The summed E-state index contributed by atoms with van der Waals surface area (Å²) in [6.45, 7) is 3.02. The third-order valence-electron chi connectivity index (χ3n) is 2.45. The summed E-state index contributed by atoms with van der Waals surface area (Å²) >= 11 is 0. The van der Waals surface area contributed by atoms with E-state index in [-0.39, 0.29) is 11.2 Å². The second-order valence-corrected chi connectivity index (χ2v) is 3.70. The summed E-state index contributed by atoms with van der Waals surface area (Å²) in [7, 11) is 1.64. The van der Waals surface area contributed by atoms with Gasteiger partial charge in [-0.25, -0.2) is 4.39 Å². The quantitative estimate of drug-likeness (QED) is 0.797. The van der Waals surface area contributed by atoms with Crippen LogP contribution in [0.2, 0.25) is 0 Å². The number of hydrogen-bond acceptors (Lipinski definition) is 2. The van der Waals surface area contributed by atoms with Gasteiger partial charge in [-0.1, -0.05) is 19.1 Å². The molecule has 0 heterocycles. The normalized spacial score (nSPS) is 15.1. The molecule has 0 bridgehead atoms. The van der Waals surface area contributed by atoms with Crippen molar-refractivity contribution in [2.75, 3.05) is 20.3 Å². The van der Waals surface area contributed by atoms with Crippen molar-refractivity contribution in [2.45, 2.75) is 12.3 Å². The van der Waals surface area contributed by atoms with E-state index in [9.17, 15) is 4.39 Å². The summed E-state index contributed by atoms with van der Waals surface area (Å²) in [5.41, 5.74) is 6.46. The molecule has 0 amide bonds. The van der Waals surface area contributed by atoms with Gasteiger partial charge < -0.3 is 10.5 Å². The van der Waals surface area contributed by atoms with Gasteiger partial charge in [0.1, 0.15) is 5.82 Å². The molecule has 0 fully saturated rings. The highest BCUT2D eigenvalue weighted by atomic mass is 19.1. The Morgan fingerprint density at radius 1 is 1.36 bits per heavy atom. The second-order valence-electron chi connectivity index (χ2n) is 3.70. The molecule has 0 radical (unpaired) electrons. The van der Waals surface area contributed by atoms with Gasteiger partial charge in [0.25, 0.3) is 0 Å². The molecule has 0 aliphatic rings.